The highest BCUT2D eigenvalue weighted by Gasteiger charge is 2.44. The SMILES string of the molecule is CCCCCCCC/C=C\CCCCCCCCCCCC(=O)NC(COC1OC(CO)C(O)C(O)C1O)C(O)/C=C/CC/C=C/CCCCCCCCCCCCCCC. The Labute approximate surface area is 374 Å². The van der Waals surface area contributed by atoms with Gasteiger partial charge in [-0.3, -0.25) is 4.79 Å². The van der Waals surface area contributed by atoms with Crippen LogP contribution in [0.2, 0.25) is 0 Å². The number of hydrogen-bond acceptors (Lipinski definition) is 8. The van der Waals surface area contributed by atoms with Crippen molar-refractivity contribution in [2.45, 2.75) is 275 Å². The van der Waals surface area contributed by atoms with Gasteiger partial charge in [0.1, 0.15) is 24.4 Å². The van der Waals surface area contributed by atoms with E-state index in [4.69, 9.17) is 9.47 Å². The Kier molecular flexibility index (Phi) is 39.9. The summed E-state index contributed by atoms with van der Waals surface area (Å²) in [5, 5.41) is 54.3. The van der Waals surface area contributed by atoms with Crippen molar-refractivity contribution < 1.29 is 39.8 Å². The Morgan fingerprint density at radius 1 is 0.541 bits per heavy atom. The molecule has 0 aromatic heterocycles. The van der Waals surface area contributed by atoms with Crippen LogP contribution in [0, 0.1) is 0 Å². The van der Waals surface area contributed by atoms with Crippen LogP contribution >= 0.6 is 0 Å². The summed E-state index contributed by atoms with van der Waals surface area (Å²) < 4.78 is 11.2. The molecule has 1 saturated heterocycles. The fourth-order valence-corrected chi connectivity index (χ4v) is 8.05. The molecule has 7 atom stereocenters. The first-order valence-electron chi connectivity index (χ1n) is 25.7. The van der Waals surface area contributed by atoms with Crippen LogP contribution in [0.5, 0.6) is 0 Å². The molecule has 1 heterocycles. The summed E-state index contributed by atoms with van der Waals surface area (Å²) in [5.41, 5.74) is 0. The first-order chi connectivity index (χ1) is 29.8. The van der Waals surface area contributed by atoms with Gasteiger partial charge in [-0.05, 0) is 57.8 Å². The number of unbranched alkanes of at least 4 members (excludes halogenated alkanes) is 29. The smallest absolute Gasteiger partial charge is 0.220 e. The highest BCUT2D eigenvalue weighted by molar-refractivity contribution is 5.76. The number of carbonyl (C=O) groups is 1. The topological polar surface area (TPSA) is 149 Å². The van der Waals surface area contributed by atoms with Gasteiger partial charge >= 0.3 is 0 Å². The van der Waals surface area contributed by atoms with Crippen LogP contribution in [0.4, 0.5) is 0 Å². The molecule has 0 aliphatic carbocycles. The van der Waals surface area contributed by atoms with Crippen LogP contribution in [-0.2, 0) is 14.3 Å². The van der Waals surface area contributed by atoms with Gasteiger partial charge in [0.2, 0.25) is 5.91 Å². The van der Waals surface area contributed by atoms with E-state index in [1.54, 1.807) is 6.08 Å². The van der Waals surface area contributed by atoms with E-state index >= 15 is 0 Å². The molecule has 358 valence electrons. The Hall–Kier alpha value is -1.59. The molecule has 0 aromatic carbocycles. The van der Waals surface area contributed by atoms with Crippen LogP contribution in [-0.4, -0.2) is 87.5 Å². The average molecular weight is 864 g/mol. The molecule has 6 N–H and O–H groups in total. The van der Waals surface area contributed by atoms with Crippen molar-refractivity contribution in [2.75, 3.05) is 13.2 Å². The summed E-state index contributed by atoms with van der Waals surface area (Å²) in [5.74, 6) is -0.188. The maximum absolute atomic E-state index is 13.0. The van der Waals surface area contributed by atoms with Crippen LogP contribution in [0.1, 0.15) is 232 Å². The Morgan fingerprint density at radius 3 is 1.38 bits per heavy atom. The van der Waals surface area contributed by atoms with E-state index in [-0.39, 0.29) is 12.5 Å². The maximum atomic E-state index is 13.0. The van der Waals surface area contributed by atoms with Gasteiger partial charge in [0.25, 0.3) is 0 Å². The Balaban J connectivity index is 2.32. The first-order valence-corrected chi connectivity index (χ1v) is 25.7. The van der Waals surface area contributed by atoms with Crippen molar-refractivity contribution in [3.63, 3.8) is 0 Å². The molecule has 61 heavy (non-hydrogen) atoms. The molecule has 1 rings (SSSR count). The van der Waals surface area contributed by atoms with Gasteiger partial charge in [-0.15, -0.1) is 0 Å². The second-order valence-corrected chi connectivity index (χ2v) is 18.0. The van der Waals surface area contributed by atoms with Gasteiger partial charge in [0.05, 0.1) is 25.4 Å². The minimum absolute atomic E-state index is 0.188. The van der Waals surface area contributed by atoms with E-state index in [1.807, 2.05) is 6.08 Å². The fraction of sp³-hybridized carbons (Fsp3) is 0.865. The standard InChI is InChI=1S/C52H97NO8/c1-3-5-7-9-11-13-15-17-19-21-23-25-27-29-31-33-35-37-39-41-46(55)45(44-60-52-51(59)50(58)49(57)47(43-54)61-52)53-48(56)42-40-38-36-34-32-30-28-26-24-22-20-18-16-14-12-10-8-6-4-2/h18,20,31,33,39,41,45-47,49-52,54-55,57-59H,3-17,19,21-30,32,34-38,40,42-44H2,1-2H3,(H,53,56)/b20-18-,33-31+,41-39+. The molecule has 1 fully saturated rings. The minimum atomic E-state index is -1.57. The van der Waals surface area contributed by atoms with E-state index in [0.717, 1.165) is 38.5 Å². The fourth-order valence-electron chi connectivity index (χ4n) is 8.05. The number of hydrogen-bond donors (Lipinski definition) is 6. The number of amides is 1. The zero-order chi connectivity index (χ0) is 44.4. The number of ether oxygens (including phenoxy) is 2. The maximum Gasteiger partial charge on any atom is 0.220 e. The van der Waals surface area contributed by atoms with E-state index in [1.165, 1.54) is 173 Å². The molecule has 0 bridgehead atoms. The molecule has 0 aromatic rings. The number of carbonyl (C=O) groups excluding carboxylic acids is 1. The van der Waals surface area contributed by atoms with E-state index in [2.05, 4.69) is 43.5 Å². The molecule has 0 saturated carbocycles. The lowest BCUT2D eigenvalue weighted by Gasteiger charge is -2.40. The molecular formula is C52H97NO8. The predicted molar refractivity (Wildman–Crippen MR) is 253 cm³/mol. The largest absolute Gasteiger partial charge is 0.394 e. The van der Waals surface area contributed by atoms with Crippen molar-refractivity contribution in [3.05, 3.63) is 36.5 Å². The third-order valence-electron chi connectivity index (χ3n) is 12.2. The predicted octanol–water partition coefficient (Wildman–Crippen LogP) is 11.6. The van der Waals surface area contributed by atoms with Gasteiger partial charge in [-0.25, -0.2) is 0 Å². The van der Waals surface area contributed by atoms with Crippen molar-refractivity contribution >= 4 is 5.91 Å². The summed E-state index contributed by atoms with van der Waals surface area (Å²) in [7, 11) is 0. The lowest BCUT2D eigenvalue weighted by Crippen LogP contribution is -2.60. The van der Waals surface area contributed by atoms with Crippen LogP contribution in [0.3, 0.4) is 0 Å². The van der Waals surface area contributed by atoms with Crippen molar-refractivity contribution in [3.8, 4) is 0 Å². The normalized spacial score (nSPS) is 20.7. The van der Waals surface area contributed by atoms with Crippen molar-refractivity contribution in [1.29, 1.82) is 0 Å². The minimum Gasteiger partial charge on any atom is -0.394 e. The van der Waals surface area contributed by atoms with E-state index in [9.17, 15) is 30.3 Å². The third kappa shape index (κ3) is 32.7. The van der Waals surface area contributed by atoms with Gasteiger partial charge in [0.15, 0.2) is 6.29 Å². The van der Waals surface area contributed by atoms with Crippen LogP contribution < -0.4 is 5.32 Å². The van der Waals surface area contributed by atoms with Gasteiger partial charge in [-0.1, -0.05) is 204 Å². The molecule has 0 radical (unpaired) electrons. The summed E-state index contributed by atoms with van der Waals surface area (Å²) in [4.78, 5) is 13.0. The van der Waals surface area contributed by atoms with Crippen LogP contribution in [0.25, 0.3) is 0 Å². The Bertz CT molecular complexity index is 1050. The zero-order valence-corrected chi connectivity index (χ0v) is 39.4. The molecule has 9 nitrogen and oxygen atoms in total. The number of allylic oxidation sites excluding steroid dienone is 5. The van der Waals surface area contributed by atoms with E-state index < -0.39 is 49.5 Å². The number of aliphatic hydroxyl groups excluding tert-OH is 5. The molecule has 7 unspecified atom stereocenters. The second-order valence-electron chi connectivity index (χ2n) is 18.0. The average Bonchev–Trinajstić information content (AvgIpc) is 3.26. The molecule has 9 heteroatoms. The third-order valence-corrected chi connectivity index (χ3v) is 12.2. The monoisotopic (exact) mass is 864 g/mol. The number of aliphatic hydroxyl groups is 5. The molecule has 0 spiro atoms. The zero-order valence-electron chi connectivity index (χ0n) is 39.4. The molecule has 1 aliphatic heterocycles. The van der Waals surface area contributed by atoms with E-state index in [0.29, 0.717) is 6.42 Å². The van der Waals surface area contributed by atoms with Crippen molar-refractivity contribution in [2.24, 2.45) is 0 Å². The lowest BCUT2D eigenvalue weighted by atomic mass is 9.99. The van der Waals surface area contributed by atoms with Gasteiger partial charge in [-0.2, -0.15) is 0 Å². The van der Waals surface area contributed by atoms with Crippen LogP contribution in [0.15, 0.2) is 36.5 Å². The van der Waals surface area contributed by atoms with Crippen molar-refractivity contribution in [1.82, 2.24) is 5.32 Å². The second kappa shape index (κ2) is 42.4. The van der Waals surface area contributed by atoms with Gasteiger partial charge in [0, 0.05) is 6.42 Å². The molecule has 1 aliphatic rings. The van der Waals surface area contributed by atoms with Gasteiger partial charge < -0.3 is 40.3 Å². The summed E-state index contributed by atoms with van der Waals surface area (Å²) >= 11 is 0. The molecule has 1 amide bonds. The first kappa shape index (κ1) is 57.4. The lowest BCUT2D eigenvalue weighted by molar-refractivity contribution is -0.302. The Morgan fingerprint density at radius 2 is 0.934 bits per heavy atom. The summed E-state index contributed by atoms with van der Waals surface area (Å²) in [6.07, 6.45) is 46.2. The number of rotatable bonds is 43. The molecular weight excluding hydrogens is 767 g/mol. The number of nitrogens with one attached hydrogen (secondary N) is 1. The summed E-state index contributed by atoms with van der Waals surface area (Å²) in [6, 6.07) is -0.821. The summed E-state index contributed by atoms with van der Waals surface area (Å²) in [6.45, 7) is 3.77. The highest BCUT2D eigenvalue weighted by Crippen LogP contribution is 2.23. The highest BCUT2D eigenvalue weighted by atomic mass is 16.7. The quantitative estimate of drug-likeness (QED) is 0.0262.